The molecule has 2 aliphatic rings. The minimum atomic E-state index is -1.01. The van der Waals surface area contributed by atoms with Crippen LogP contribution in [0.15, 0.2) is 29.5 Å². The highest BCUT2D eigenvalue weighted by Crippen LogP contribution is 2.27. The number of aryl methyl sites for hydroxylation is 1. The molecule has 0 saturated carbocycles. The molecule has 4 heterocycles. The van der Waals surface area contributed by atoms with Crippen molar-refractivity contribution in [1.29, 1.82) is 0 Å². The van der Waals surface area contributed by atoms with Crippen molar-refractivity contribution < 1.29 is 13.5 Å². The third-order valence-corrected chi connectivity index (χ3v) is 5.78. The molecule has 0 aliphatic carbocycles. The number of benzene rings is 1. The number of nitrogens with zero attached hydrogens (tertiary/aromatic N) is 4. The van der Waals surface area contributed by atoms with E-state index in [4.69, 9.17) is 0 Å². The molecule has 8 heteroatoms. The van der Waals surface area contributed by atoms with Gasteiger partial charge in [0, 0.05) is 48.1 Å². The fourth-order valence-electron chi connectivity index (χ4n) is 3.45. The number of thiophene rings is 1. The number of aromatic nitrogens is 2. The topological polar surface area (TPSA) is 45.2 Å². The zero-order valence-corrected chi connectivity index (χ0v) is 14.9. The van der Waals surface area contributed by atoms with Crippen molar-refractivity contribution in [2.75, 3.05) is 13.1 Å². The summed E-state index contributed by atoms with van der Waals surface area (Å²) in [5, 5.41) is 13.4. The van der Waals surface area contributed by atoms with Gasteiger partial charge in [0.2, 0.25) is 11.9 Å². The predicted octanol–water partition coefficient (Wildman–Crippen LogP) is 1.51. The lowest BCUT2D eigenvalue weighted by molar-refractivity contribution is -0.431. The summed E-state index contributed by atoms with van der Waals surface area (Å²) in [7, 11) is 1.78. The molecule has 1 aromatic carbocycles. The second kappa shape index (κ2) is 5.78. The third-order valence-electron chi connectivity index (χ3n) is 4.70. The summed E-state index contributed by atoms with van der Waals surface area (Å²) in [6.07, 6.45) is 3.29. The van der Waals surface area contributed by atoms with Gasteiger partial charge in [0.15, 0.2) is 16.7 Å². The number of rotatable bonds is 1. The monoisotopic (exact) mass is 372 g/mol. The first kappa shape index (κ1) is 15.8. The van der Waals surface area contributed by atoms with Crippen LogP contribution in [0.1, 0.15) is 6.42 Å². The van der Waals surface area contributed by atoms with Gasteiger partial charge in [-0.3, -0.25) is 4.68 Å². The van der Waals surface area contributed by atoms with E-state index in [2.05, 4.69) is 15.5 Å². The molecule has 0 amide bonds. The normalized spacial score (nSPS) is 22.3. The van der Waals surface area contributed by atoms with E-state index in [1.807, 2.05) is 18.3 Å². The maximum atomic E-state index is 14.3. The highest BCUT2D eigenvalue weighted by atomic mass is 32.1. The van der Waals surface area contributed by atoms with E-state index < -0.39 is 6.17 Å². The second-order valence-electron chi connectivity index (χ2n) is 6.56. The number of nitrogens with one attached hydrogen (secondary N) is 1. The van der Waals surface area contributed by atoms with Crippen LogP contribution < -0.4 is 15.2 Å². The van der Waals surface area contributed by atoms with Gasteiger partial charge in [-0.05, 0) is 23.8 Å². The molecule has 2 aliphatic heterocycles. The number of piperidine rings is 1. The van der Waals surface area contributed by atoms with Crippen LogP contribution >= 0.6 is 11.3 Å². The maximum Gasteiger partial charge on any atom is 0.227 e. The number of halogens is 2. The Labute approximate surface area is 151 Å². The average Bonchev–Trinajstić information content (AvgIpc) is 3.27. The van der Waals surface area contributed by atoms with Gasteiger partial charge in [0.25, 0.3) is 0 Å². The molecular formula is C18H16F2N5S+. The molecule has 5 nitrogen and oxygen atoms in total. The number of hydrogen-bond donors (Lipinski definition) is 1. The highest BCUT2D eigenvalue weighted by Gasteiger charge is 2.30. The molecule has 0 radical (unpaired) electrons. The van der Waals surface area contributed by atoms with Gasteiger partial charge in [-0.25, -0.2) is 8.78 Å². The Morgan fingerprint density at radius 2 is 2.23 bits per heavy atom. The Balaban J connectivity index is 1.58. The van der Waals surface area contributed by atoms with Crippen molar-refractivity contribution in [3.05, 3.63) is 40.1 Å². The van der Waals surface area contributed by atoms with Gasteiger partial charge < -0.3 is 5.32 Å². The summed E-state index contributed by atoms with van der Waals surface area (Å²) < 4.78 is 32.5. The average molecular weight is 372 g/mol. The van der Waals surface area contributed by atoms with Crippen LogP contribution in [0, 0.1) is 5.82 Å². The Bertz CT molecular complexity index is 1150. The first-order valence-corrected chi connectivity index (χ1v) is 9.23. The fraction of sp³-hybridized carbons (Fsp3) is 0.278. The molecule has 5 rings (SSSR count). The van der Waals surface area contributed by atoms with E-state index in [1.54, 1.807) is 22.6 Å². The Hall–Kier alpha value is -2.45. The highest BCUT2D eigenvalue weighted by molar-refractivity contribution is 7.13. The van der Waals surface area contributed by atoms with E-state index in [-0.39, 0.29) is 5.82 Å². The van der Waals surface area contributed by atoms with Gasteiger partial charge >= 0.3 is 0 Å². The Kier molecular flexibility index (Phi) is 3.51. The first-order valence-electron chi connectivity index (χ1n) is 8.42. The van der Waals surface area contributed by atoms with Gasteiger partial charge in [-0.2, -0.15) is 5.10 Å². The van der Waals surface area contributed by atoms with E-state index >= 15 is 0 Å². The standard InChI is InChI=1S/C18H16F2N5S/c1-24-8-11-4-10(5-13(19)17(11)22-24)16-6-12-9-25(23-18(12)26-16)15-2-3-21-7-14(15)20/h4-6,8-9,14,21H,2-3,7H2,1H3/q+1/b25-15+/t14-/m0/s1. The van der Waals surface area contributed by atoms with Crippen LogP contribution in [0.4, 0.5) is 8.78 Å². The Morgan fingerprint density at radius 1 is 1.35 bits per heavy atom. The predicted molar refractivity (Wildman–Crippen MR) is 96.9 cm³/mol. The second-order valence-corrected chi connectivity index (χ2v) is 7.59. The summed E-state index contributed by atoms with van der Waals surface area (Å²) in [4.78, 5) is 0.936. The van der Waals surface area contributed by atoms with Crippen LogP contribution in [0.5, 0.6) is 0 Å². The molecule has 3 aromatic rings. The molecule has 1 N–H and O–H groups in total. The van der Waals surface area contributed by atoms with Crippen molar-refractivity contribution in [3.8, 4) is 10.4 Å². The molecule has 1 fully saturated rings. The number of alkyl halides is 1. The molecule has 0 bridgehead atoms. The largest absolute Gasteiger partial charge is 0.313 e. The van der Waals surface area contributed by atoms with Crippen molar-refractivity contribution >= 4 is 34.2 Å². The fourth-order valence-corrected chi connectivity index (χ4v) is 4.43. The minimum absolute atomic E-state index is 0.332. The lowest BCUT2D eigenvalue weighted by Crippen LogP contribution is -2.41. The summed E-state index contributed by atoms with van der Waals surface area (Å²) in [6, 6.07) is 5.42. The van der Waals surface area contributed by atoms with Gasteiger partial charge in [-0.15, -0.1) is 11.3 Å². The SMILES string of the molecule is Cn1cc2cc(-c3cc4c(s3)=N/[N+](=C3\CCNC[C@@H]3F)C=4)cc(F)c2n1. The van der Waals surface area contributed by atoms with E-state index in [0.29, 0.717) is 24.2 Å². The smallest absolute Gasteiger partial charge is 0.227 e. The van der Waals surface area contributed by atoms with Crippen LogP contribution in [0.25, 0.3) is 27.5 Å². The molecule has 0 spiro atoms. The maximum absolute atomic E-state index is 14.3. The summed E-state index contributed by atoms with van der Waals surface area (Å²) in [5.41, 5.74) is 1.87. The Morgan fingerprint density at radius 3 is 3.04 bits per heavy atom. The minimum Gasteiger partial charge on any atom is -0.313 e. The van der Waals surface area contributed by atoms with Crippen molar-refractivity contribution in [1.82, 2.24) is 15.1 Å². The van der Waals surface area contributed by atoms with E-state index in [0.717, 1.165) is 32.3 Å². The van der Waals surface area contributed by atoms with Crippen molar-refractivity contribution in [2.45, 2.75) is 12.6 Å². The molecule has 2 aromatic heterocycles. The molecule has 0 unspecified atom stereocenters. The lowest BCUT2D eigenvalue weighted by Gasteiger charge is -2.14. The van der Waals surface area contributed by atoms with Crippen LogP contribution in [-0.2, 0) is 7.05 Å². The molecular weight excluding hydrogens is 356 g/mol. The molecule has 1 saturated heterocycles. The van der Waals surface area contributed by atoms with Crippen molar-refractivity contribution in [3.63, 3.8) is 0 Å². The summed E-state index contributed by atoms with van der Waals surface area (Å²) in [6.45, 7) is 1.09. The molecule has 132 valence electrons. The van der Waals surface area contributed by atoms with Crippen molar-refractivity contribution in [2.24, 2.45) is 12.1 Å². The van der Waals surface area contributed by atoms with Crippen LogP contribution in [0.3, 0.4) is 0 Å². The van der Waals surface area contributed by atoms with Gasteiger partial charge in [0.1, 0.15) is 5.52 Å². The number of hydrogen-bond acceptors (Lipinski definition) is 4. The van der Waals surface area contributed by atoms with E-state index in [9.17, 15) is 8.78 Å². The number of fused-ring (bicyclic) bond motifs is 2. The third kappa shape index (κ3) is 2.48. The lowest BCUT2D eigenvalue weighted by atomic mass is 10.1. The first-order chi connectivity index (χ1) is 12.6. The van der Waals surface area contributed by atoms with Gasteiger partial charge in [0.05, 0.1) is 5.22 Å². The molecule has 26 heavy (non-hydrogen) atoms. The quantitative estimate of drug-likeness (QED) is 0.659. The van der Waals surface area contributed by atoms with Gasteiger partial charge in [-0.1, -0.05) is 4.68 Å². The van der Waals surface area contributed by atoms with Crippen LogP contribution in [0.2, 0.25) is 0 Å². The summed E-state index contributed by atoms with van der Waals surface area (Å²) >= 11 is 1.48. The van der Waals surface area contributed by atoms with Crippen LogP contribution in [-0.4, -0.2) is 39.4 Å². The summed E-state index contributed by atoms with van der Waals surface area (Å²) in [5.74, 6) is -0.334. The zero-order chi connectivity index (χ0) is 17.8. The zero-order valence-electron chi connectivity index (χ0n) is 14.0. The molecule has 1 atom stereocenters. The van der Waals surface area contributed by atoms with E-state index in [1.165, 1.54) is 17.4 Å².